The zero-order valence-corrected chi connectivity index (χ0v) is 16.0. The summed E-state index contributed by atoms with van der Waals surface area (Å²) < 4.78 is 5.79. The standard InChI is InChI=1S/C18H22N4O3S/c1-10(12(3)23)22-18(24)17(20-4)14-7-13(5-6-15(14)19)25-8-16-11(2)21-9-26-16/h5-7,9-10H,8,19H2,1-4H3,(H,22,24)/t10-/m1/s1. The first-order chi connectivity index (χ1) is 12.3. The third-order valence-electron chi connectivity index (χ3n) is 3.89. The van der Waals surface area contributed by atoms with Crippen molar-refractivity contribution in [3.05, 3.63) is 39.8 Å². The largest absolute Gasteiger partial charge is 0.488 e. The van der Waals surface area contributed by atoms with Crippen LogP contribution >= 0.6 is 11.3 Å². The number of nitrogens with two attached hydrogens (primary N) is 1. The van der Waals surface area contributed by atoms with E-state index in [0.29, 0.717) is 23.6 Å². The topological polar surface area (TPSA) is 107 Å². The Morgan fingerprint density at radius 2 is 2.15 bits per heavy atom. The number of amides is 1. The van der Waals surface area contributed by atoms with Crippen molar-refractivity contribution in [3.8, 4) is 5.75 Å². The Morgan fingerprint density at radius 3 is 2.73 bits per heavy atom. The van der Waals surface area contributed by atoms with Gasteiger partial charge in [0.2, 0.25) is 0 Å². The molecule has 0 spiro atoms. The van der Waals surface area contributed by atoms with E-state index in [1.54, 1.807) is 30.6 Å². The number of benzene rings is 1. The van der Waals surface area contributed by atoms with Crippen LogP contribution in [0.15, 0.2) is 28.7 Å². The van der Waals surface area contributed by atoms with Crippen molar-refractivity contribution in [1.29, 1.82) is 0 Å². The van der Waals surface area contributed by atoms with Crippen LogP contribution in [0.2, 0.25) is 0 Å². The average Bonchev–Trinajstić information content (AvgIpc) is 3.00. The molecular weight excluding hydrogens is 352 g/mol. The molecule has 0 aliphatic rings. The summed E-state index contributed by atoms with van der Waals surface area (Å²) in [6.07, 6.45) is 0. The summed E-state index contributed by atoms with van der Waals surface area (Å²) in [6, 6.07) is 4.47. The molecule has 7 nitrogen and oxygen atoms in total. The number of rotatable bonds is 7. The van der Waals surface area contributed by atoms with Gasteiger partial charge in [-0.3, -0.25) is 14.6 Å². The first-order valence-corrected chi connectivity index (χ1v) is 8.91. The van der Waals surface area contributed by atoms with Gasteiger partial charge >= 0.3 is 0 Å². The number of nitrogens with one attached hydrogen (secondary N) is 1. The Bertz CT molecular complexity index is 845. The molecule has 3 N–H and O–H groups in total. The maximum atomic E-state index is 12.4. The highest BCUT2D eigenvalue weighted by molar-refractivity contribution is 7.09. The molecule has 26 heavy (non-hydrogen) atoms. The fraction of sp³-hybridized carbons (Fsp3) is 0.333. The normalized spacial score (nSPS) is 12.5. The van der Waals surface area contributed by atoms with Crippen LogP contribution in [0.5, 0.6) is 5.75 Å². The van der Waals surface area contributed by atoms with Crippen molar-refractivity contribution in [3.63, 3.8) is 0 Å². The predicted octanol–water partition coefficient (Wildman–Crippen LogP) is 2.13. The Kier molecular flexibility index (Phi) is 6.46. The van der Waals surface area contributed by atoms with Gasteiger partial charge in [-0.15, -0.1) is 11.3 Å². The molecule has 1 heterocycles. The molecule has 0 saturated carbocycles. The maximum absolute atomic E-state index is 12.4. The minimum atomic E-state index is -0.603. The minimum Gasteiger partial charge on any atom is -0.488 e. The molecule has 1 amide bonds. The smallest absolute Gasteiger partial charge is 0.270 e. The molecule has 2 aromatic rings. The molecule has 0 unspecified atom stereocenters. The molecule has 1 atom stereocenters. The van der Waals surface area contributed by atoms with E-state index in [2.05, 4.69) is 15.3 Å². The van der Waals surface area contributed by atoms with Crippen molar-refractivity contribution in [2.75, 3.05) is 12.8 Å². The van der Waals surface area contributed by atoms with Crippen molar-refractivity contribution in [1.82, 2.24) is 10.3 Å². The lowest BCUT2D eigenvalue weighted by atomic mass is 10.1. The number of carbonyl (C=O) groups is 2. The summed E-state index contributed by atoms with van der Waals surface area (Å²) in [4.78, 5) is 33.1. The number of Topliss-reactive ketones (excluding diaryl/α,β-unsaturated/α-hetero) is 1. The summed E-state index contributed by atoms with van der Waals surface area (Å²) in [6.45, 7) is 5.34. The molecule has 0 fully saturated rings. The number of anilines is 1. The molecule has 2 rings (SSSR count). The zero-order chi connectivity index (χ0) is 19.3. The fourth-order valence-corrected chi connectivity index (χ4v) is 2.84. The molecule has 1 aromatic heterocycles. The van der Waals surface area contributed by atoms with Gasteiger partial charge in [0, 0.05) is 18.3 Å². The van der Waals surface area contributed by atoms with Crippen LogP contribution in [0.25, 0.3) is 0 Å². The fourth-order valence-electron chi connectivity index (χ4n) is 2.15. The van der Waals surface area contributed by atoms with Crippen LogP contribution in [0.1, 0.15) is 30.0 Å². The van der Waals surface area contributed by atoms with Gasteiger partial charge in [0.25, 0.3) is 5.91 Å². The van der Waals surface area contributed by atoms with Crippen LogP contribution in [0.3, 0.4) is 0 Å². The van der Waals surface area contributed by atoms with Crippen LogP contribution in [-0.2, 0) is 16.2 Å². The second-order valence-electron chi connectivity index (χ2n) is 5.78. The molecule has 1 aromatic carbocycles. The number of ketones is 1. The summed E-state index contributed by atoms with van der Waals surface area (Å²) in [7, 11) is 1.50. The number of aromatic nitrogens is 1. The quantitative estimate of drug-likeness (QED) is 0.570. The van der Waals surface area contributed by atoms with E-state index in [-0.39, 0.29) is 11.5 Å². The average molecular weight is 374 g/mol. The zero-order valence-electron chi connectivity index (χ0n) is 15.2. The molecule has 0 aliphatic heterocycles. The van der Waals surface area contributed by atoms with Crippen LogP contribution < -0.4 is 15.8 Å². The maximum Gasteiger partial charge on any atom is 0.270 e. The highest BCUT2D eigenvalue weighted by Gasteiger charge is 2.20. The first kappa shape index (κ1) is 19.6. The monoisotopic (exact) mass is 374 g/mol. The van der Waals surface area contributed by atoms with Gasteiger partial charge in [0.05, 0.1) is 22.1 Å². The minimum absolute atomic E-state index is 0.140. The highest BCUT2D eigenvalue weighted by atomic mass is 32.1. The first-order valence-electron chi connectivity index (χ1n) is 8.03. The number of nitrogen functional groups attached to an aromatic ring is 1. The van der Waals surface area contributed by atoms with Gasteiger partial charge in [-0.1, -0.05) is 0 Å². The number of aliphatic imine (C=N–C) groups is 1. The van der Waals surface area contributed by atoms with E-state index in [1.807, 2.05) is 6.92 Å². The second-order valence-corrected chi connectivity index (χ2v) is 6.72. The number of hydrogen-bond acceptors (Lipinski definition) is 7. The molecule has 138 valence electrons. The van der Waals surface area contributed by atoms with Gasteiger partial charge in [0.1, 0.15) is 18.1 Å². The third-order valence-corrected chi connectivity index (χ3v) is 4.80. The Labute approximate surface area is 156 Å². The van der Waals surface area contributed by atoms with Crippen LogP contribution in [0, 0.1) is 6.92 Å². The van der Waals surface area contributed by atoms with Crippen molar-refractivity contribution < 1.29 is 14.3 Å². The molecular formula is C18H22N4O3S. The van der Waals surface area contributed by atoms with E-state index in [4.69, 9.17) is 10.5 Å². The van der Waals surface area contributed by atoms with E-state index >= 15 is 0 Å². The summed E-state index contributed by atoms with van der Waals surface area (Å²) in [5.41, 5.74) is 9.72. The summed E-state index contributed by atoms with van der Waals surface area (Å²) in [5, 5.41) is 2.62. The lowest BCUT2D eigenvalue weighted by Crippen LogP contribution is -2.41. The van der Waals surface area contributed by atoms with Gasteiger partial charge in [-0.25, -0.2) is 4.98 Å². The Hall–Kier alpha value is -2.74. The molecule has 0 saturated heterocycles. The SMILES string of the molecule is CN=C(C(=O)N[C@H](C)C(C)=O)c1cc(OCc2scnc2C)ccc1N. The Balaban J connectivity index is 2.20. The lowest BCUT2D eigenvalue weighted by Gasteiger charge is -2.14. The van der Waals surface area contributed by atoms with Crippen molar-refractivity contribution in [2.45, 2.75) is 33.4 Å². The summed E-state index contributed by atoms with van der Waals surface area (Å²) in [5.74, 6) is -0.0355. The third kappa shape index (κ3) is 4.66. The Morgan fingerprint density at radius 1 is 1.42 bits per heavy atom. The number of hydrogen-bond donors (Lipinski definition) is 2. The number of carbonyl (C=O) groups excluding carboxylic acids is 2. The van der Waals surface area contributed by atoms with E-state index < -0.39 is 11.9 Å². The molecule has 0 bridgehead atoms. The van der Waals surface area contributed by atoms with E-state index in [0.717, 1.165) is 10.6 Å². The highest BCUT2D eigenvalue weighted by Crippen LogP contribution is 2.23. The van der Waals surface area contributed by atoms with E-state index in [1.165, 1.54) is 25.3 Å². The second kappa shape index (κ2) is 8.57. The van der Waals surface area contributed by atoms with Crippen molar-refractivity contribution >= 4 is 34.4 Å². The van der Waals surface area contributed by atoms with E-state index in [9.17, 15) is 9.59 Å². The van der Waals surface area contributed by atoms with Crippen molar-refractivity contribution in [2.24, 2.45) is 4.99 Å². The van der Waals surface area contributed by atoms with Gasteiger partial charge in [0.15, 0.2) is 5.78 Å². The number of thiazole rings is 1. The molecule has 8 heteroatoms. The number of aryl methyl sites for hydroxylation is 1. The predicted molar refractivity (Wildman–Crippen MR) is 103 cm³/mol. The molecule has 0 radical (unpaired) electrons. The van der Waals surface area contributed by atoms with Crippen LogP contribution in [-0.4, -0.2) is 35.5 Å². The van der Waals surface area contributed by atoms with Gasteiger partial charge in [-0.2, -0.15) is 0 Å². The number of nitrogens with zero attached hydrogens (tertiary/aromatic N) is 2. The molecule has 0 aliphatic carbocycles. The van der Waals surface area contributed by atoms with Gasteiger partial charge < -0.3 is 15.8 Å². The number of ether oxygens (including phenoxy) is 1. The van der Waals surface area contributed by atoms with Crippen LogP contribution in [0.4, 0.5) is 5.69 Å². The van der Waals surface area contributed by atoms with Gasteiger partial charge in [-0.05, 0) is 39.0 Å². The summed E-state index contributed by atoms with van der Waals surface area (Å²) >= 11 is 1.52. The lowest BCUT2D eigenvalue weighted by molar-refractivity contribution is -0.123.